The van der Waals surface area contributed by atoms with Crippen molar-refractivity contribution in [3.05, 3.63) is 48.0 Å². The van der Waals surface area contributed by atoms with Gasteiger partial charge in [-0.3, -0.25) is 14.4 Å². The summed E-state index contributed by atoms with van der Waals surface area (Å²) in [4.78, 5) is 51.3. The molecular weight excluding hydrogens is 442 g/mol. The van der Waals surface area contributed by atoms with Crippen LogP contribution in [0.1, 0.15) is 37.9 Å². The zero-order valence-corrected chi connectivity index (χ0v) is 19.8. The third-order valence-electron chi connectivity index (χ3n) is 4.37. The van der Waals surface area contributed by atoms with Crippen LogP contribution in [0, 0.1) is 12.3 Å². The van der Waals surface area contributed by atoms with Crippen LogP contribution in [0.3, 0.4) is 0 Å². The molecule has 2 unspecified atom stereocenters. The predicted octanol–water partition coefficient (Wildman–Crippen LogP) is 0.898. The Balaban J connectivity index is 3.34. The second-order valence-electron chi connectivity index (χ2n) is 8.12. The van der Waals surface area contributed by atoms with E-state index in [1.54, 1.807) is 45.0 Å². The lowest BCUT2D eigenvalue weighted by Gasteiger charge is -2.33. The van der Waals surface area contributed by atoms with Crippen molar-refractivity contribution in [1.82, 2.24) is 15.5 Å². The molecule has 0 radical (unpaired) electrons. The lowest BCUT2D eigenvalue weighted by atomic mass is 10.0. The Bertz CT molecular complexity index is 929. The molecule has 1 rings (SSSR count). The van der Waals surface area contributed by atoms with Gasteiger partial charge in [-0.1, -0.05) is 24.1 Å². The summed E-state index contributed by atoms with van der Waals surface area (Å²) < 4.78 is 9.70. The van der Waals surface area contributed by atoms with E-state index in [0.717, 1.165) is 4.90 Å². The number of carbonyl (C=O) groups excluding carboxylic acids is 4. The molecule has 3 N–H and O–H groups in total. The second kappa shape index (κ2) is 13.0. The number of nitrogens with one attached hydrogen (secondary N) is 2. The minimum Gasteiger partial charge on any atom is -0.468 e. The number of hydrogen-bond donors (Lipinski definition) is 3. The maximum atomic E-state index is 13.3. The molecule has 0 aliphatic rings. The summed E-state index contributed by atoms with van der Waals surface area (Å²) >= 11 is 0. The molecule has 0 saturated carbocycles. The molecule has 184 valence electrons. The molecule has 1 aromatic rings. The van der Waals surface area contributed by atoms with Crippen LogP contribution in [0.15, 0.2) is 36.9 Å². The zero-order chi connectivity index (χ0) is 25.9. The zero-order valence-electron chi connectivity index (χ0n) is 19.8. The topological polar surface area (TPSA) is 134 Å². The number of ether oxygens (including phenoxy) is 2. The van der Waals surface area contributed by atoms with Gasteiger partial charge in [-0.05, 0) is 38.5 Å². The summed E-state index contributed by atoms with van der Waals surface area (Å²) in [5.41, 5.74) is 0.104. The van der Waals surface area contributed by atoms with Crippen molar-refractivity contribution in [2.24, 2.45) is 0 Å². The maximum Gasteiger partial charge on any atom is 0.408 e. The first-order chi connectivity index (χ1) is 16.0. The first kappa shape index (κ1) is 28.2. The normalized spacial score (nSPS) is 12.4. The molecule has 1 aromatic carbocycles. The Hall–Kier alpha value is -3.84. The molecule has 10 heteroatoms. The van der Waals surface area contributed by atoms with E-state index in [1.807, 2.05) is 0 Å². The van der Waals surface area contributed by atoms with Gasteiger partial charge in [-0.15, -0.1) is 13.0 Å². The van der Waals surface area contributed by atoms with Crippen LogP contribution in [0.2, 0.25) is 0 Å². The molecule has 0 fully saturated rings. The minimum absolute atomic E-state index is 0.113. The Morgan fingerprint density at radius 1 is 1.24 bits per heavy atom. The molecule has 34 heavy (non-hydrogen) atoms. The van der Waals surface area contributed by atoms with Crippen LogP contribution in [0.5, 0.6) is 0 Å². The second-order valence-corrected chi connectivity index (χ2v) is 8.12. The molecule has 0 spiro atoms. The van der Waals surface area contributed by atoms with Crippen molar-refractivity contribution < 1.29 is 33.8 Å². The van der Waals surface area contributed by atoms with Crippen LogP contribution in [0.4, 0.5) is 4.79 Å². The van der Waals surface area contributed by atoms with Crippen molar-refractivity contribution in [2.45, 2.75) is 38.5 Å². The fourth-order valence-corrected chi connectivity index (χ4v) is 2.86. The van der Waals surface area contributed by atoms with Crippen molar-refractivity contribution in [3.63, 3.8) is 0 Å². The number of nitrogens with zero attached hydrogens (tertiary/aromatic N) is 1. The highest BCUT2D eigenvalue weighted by atomic mass is 16.6. The smallest absolute Gasteiger partial charge is 0.408 e. The Morgan fingerprint density at radius 2 is 1.85 bits per heavy atom. The highest BCUT2D eigenvalue weighted by Gasteiger charge is 2.35. The first-order valence-electron chi connectivity index (χ1n) is 10.4. The van der Waals surface area contributed by atoms with Crippen molar-refractivity contribution in [2.75, 3.05) is 26.8 Å². The summed E-state index contributed by atoms with van der Waals surface area (Å²) in [6, 6.07) is 3.67. The van der Waals surface area contributed by atoms with Gasteiger partial charge in [0, 0.05) is 12.1 Å². The number of benzene rings is 1. The number of esters is 1. The van der Waals surface area contributed by atoms with Crippen LogP contribution in [0.25, 0.3) is 0 Å². The van der Waals surface area contributed by atoms with Gasteiger partial charge in [0.15, 0.2) is 0 Å². The molecule has 10 nitrogen and oxygen atoms in total. The van der Waals surface area contributed by atoms with E-state index in [0.29, 0.717) is 11.1 Å². The molecule has 3 amide bonds. The third-order valence-corrected chi connectivity index (χ3v) is 4.37. The number of amides is 3. The van der Waals surface area contributed by atoms with E-state index in [4.69, 9.17) is 11.2 Å². The van der Waals surface area contributed by atoms with Crippen LogP contribution in [-0.2, 0) is 23.9 Å². The summed E-state index contributed by atoms with van der Waals surface area (Å²) in [7, 11) is 1.17. The summed E-state index contributed by atoms with van der Waals surface area (Å²) in [6.07, 6.45) is 5.87. The maximum absolute atomic E-state index is 13.3. The molecule has 0 saturated heterocycles. The van der Waals surface area contributed by atoms with Gasteiger partial charge in [-0.25, -0.2) is 4.79 Å². The molecule has 0 bridgehead atoms. The van der Waals surface area contributed by atoms with E-state index in [-0.39, 0.29) is 6.54 Å². The van der Waals surface area contributed by atoms with Crippen LogP contribution in [-0.4, -0.2) is 72.3 Å². The Morgan fingerprint density at radius 3 is 2.32 bits per heavy atom. The number of rotatable bonds is 10. The van der Waals surface area contributed by atoms with Gasteiger partial charge in [-0.2, -0.15) is 0 Å². The average Bonchev–Trinajstić information content (AvgIpc) is 2.79. The van der Waals surface area contributed by atoms with Gasteiger partial charge in [0.05, 0.1) is 13.7 Å². The van der Waals surface area contributed by atoms with E-state index in [9.17, 15) is 24.3 Å². The predicted molar refractivity (Wildman–Crippen MR) is 124 cm³/mol. The first-order valence-corrected chi connectivity index (χ1v) is 10.4. The summed E-state index contributed by atoms with van der Waals surface area (Å²) in [6.45, 7) is 7.28. The molecular formula is C24H31N3O7. The number of aliphatic hydroxyl groups excluding tert-OH is 1. The number of aliphatic hydroxyl groups is 1. The molecule has 0 heterocycles. The standard InChI is InChI=1S/C24H31N3O7/c1-7-13-27(22(31)18(15-28)26-23(32)34-24(3,4)5)20(21(30)25-14-19(29)33-6)17-11-9-16(8-2)10-12-17/h2,7,9-12,18,20,28H,1,13-15H2,3-6H3,(H,25,30)(H,26,32). The van der Waals surface area contributed by atoms with Crippen LogP contribution >= 0.6 is 0 Å². The number of hydrogen-bond acceptors (Lipinski definition) is 7. The number of terminal acetylenes is 1. The average molecular weight is 474 g/mol. The fraction of sp³-hybridized carbons (Fsp3) is 0.417. The molecule has 0 aliphatic carbocycles. The SMILES string of the molecule is C#Cc1ccc(C(C(=O)NCC(=O)OC)N(CC=C)C(=O)C(CO)NC(=O)OC(C)(C)C)cc1. The van der Waals surface area contributed by atoms with E-state index < -0.39 is 54.7 Å². The van der Waals surface area contributed by atoms with Crippen molar-refractivity contribution in [1.29, 1.82) is 0 Å². The van der Waals surface area contributed by atoms with Gasteiger partial charge in [0.2, 0.25) is 11.8 Å². The number of methoxy groups -OCH3 is 1. The monoisotopic (exact) mass is 473 g/mol. The largest absolute Gasteiger partial charge is 0.468 e. The lowest BCUT2D eigenvalue weighted by Crippen LogP contribution is -2.54. The van der Waals surface area contributed by atoms with Gasteiger partial charge < -0.3 is 30.1 Å². The van der Waals surface area contributed by atoms with Crippen LogP contribution < -0.4 is 10.6 Å². The van der Waals surface area contributed by atoms with Gasteiger partial charge >= 0.3 is 12.1 Å². The fourth-order valence-electron chi connectivity index (χ4n) is 2.86. The third kappa shape index (κ3) is 8.60. The van der Waals surface area contributed by atoms with E-state index >= 15 is 0 Å². The quantitative estimate of drug-likeness (QED) is 0.261. The van der Waals surface area contributed by atoms with Crippen molar-refractivity contribution in [3.8, 4) is 12.3 Å². The highest BCUT2D eigenvalue weighted by molar-refractivity contribution is 5.93. The van der Waals surface area contributed by atoms with E-state index in [1.165, 1.54) is 13.2 Å². The molecule has 2 atom stereocenters. The number of carbonyl (C=O) groups is 4. The highest BCUT2D eigenvalue weighted by Crippen LogP contribution is 2.23. The molecule has 0 aromatic heterocycles. The Kier molecular flexibility index (Phi) is 10.8. The Labute approximate surface area is 199 Å². The summed E-state index contributed by atoms with van der Waals surface area (Å²) in [5.74, 6) is 0.315. The van der Waals surface area contributed by atoms with E-state index in [2.05, 4.69) is 27.9 Å². The minimum atomic E-state index is -1.41. The van der Waals surface area contributed by atoms with Gasteiger partial charge in [0.1, 0.15) is 24.2 Å². The molecule has 0 aliphatic heterocycles. The van der Waals surface area contributed by atoms with Gasteiger partial charge in [0.25, 0.3) is 0 Å². The van der Waals surface area contributed by atoms with Crippen molar-refractivity contribution >= 4 is 23.9 Å². The lowest BCUT2D eigenvalue weighted by molar-refractivity contribution is -0.144. The number of alkyl carbamates (subject to hydrolysis) is 1. The summed E-state index contributed by atoms with van der Waals surface area (Å²) in [5, 5.41) is 14.5.